The van der Waals surface area contributed by atoms with E-state index in [1.165, 1.54) is 22.6 Å². The molecule has 1 N–H and O–H groups in total. The van der Waals surface area contributed by atoms with Crippen LogP contribution in [0.5, 0.6) is 0 Å². The molecule has 2 rings (SSSR count). The van der Waals surface area contributed by atoms with Crippen LogP contribution in [-0.2, 0) is 0 Å². The molecule has 3 nitrogen and oxygen atoms in total. The van der Waals surface area contributed by atoms with E-state index in [1.807, 2.05) is 18.3 Å². The lowest BCUT2D eigenvalue weighted by molar-refractivity contribution is 0.651. The predicted octanol–water partition coefficient (Wildman–Crippen LogP) is 4.38. The SMILES string of the molecule is CCCCNc1nc(C)cn1C(C)c1ccc(C)s1. The van der Waals surface area contributed by atoms with Crippen LogP contribution in [0.4, 0.5) is 5.95 Å². The number of unbranched alkanes of at least 4 members (excludes halogenated alkanes) is 1. The molecule has 0 aliphatic heterocycles. The van der Waals surface area contributed by atoms with Crippen molar-refractivity contribution in [1.29, 1.82) is 0 Å². The van der Waals surface area contributed by atoms with Crippen LogP contribution >= 0.6 is 11.3 Å². The van der Waals surface area contributed by atoms with Crippen LogP contribution in [0.25, 0.3) is 0 Å². The van der Waals surface area contributed by atoms with Gasteiger partial charge >= 0.3 is 0 Å². The van der Waals surface area contributed by atoms with Gasteiger partial charge in [-0.1, -0.05) is 13.3 Å². The lowest BCUT2D eigenvalue weighted by atomic mass is 10.2. The van der Waals surface area contributed by atoms with Crippen molar-refractivity contribution in [3.63, 3.8) is 0 Å². The highest BCUT2D eigenvalue weighted by Gasteiger charge is 2.14. The summed E-state index contributed by atoms with van der Waals surface area (Å²) in [7, 11) is 0. The van der Waals surface area contributed by atoms with Gasteiger partial charge in [-0.05, 0) is 39.3 Å². The molecule has 2 aromatic rings. The van der Waals surface area contributed by atoms with Crippen LogP contribution in [0.1, 0.15) is 48.2 Å². The molecule has 0 fully saturated rings. The molecule has 0 radical (unpaired) electrons. The van der Waals surface area contributed by atoms with Crippen LogP contribution < -0.4 is 5.32 Å². The molecule has 104 valence electrons. The normalized spacial score (nSPS) is 12.6. The number of rotatable bonds is 6. The Morgan fingerprint density at radius 3 is 2.79 bits per heavy atom. The van der Waals surface area contributed by atoms with Gasteiger partial charge in [0.05, 0.1) is 11.7 Å². The number of aromatic nitrogens is 2. The Morgan fingerprint density at radius 1 is 1.37 bits per heavy atom. The third-order valence-electron chi connectivity index (χ3n) is 3.26. The van der Waals surface area contributed by atoms with E-state index < -0.39 is 0 Å². The Hall–Kier alpha value is -1.29. The maximum absolute atomic E-state index is 4.59. The highest BCUT2D eigenvalue weighted by atomic mass is 32.1. The van der Waals surface area contributed by atoms with Crippen molar-refractivity contribution in [2.75, 3.05) is 11.9 Å². The summed E-state index contributed by atoms with van der Waals surface area (Å²) in [6.07, 6.45) is 4.51. The van der Waals surface area contributed by atoms with Gasteiger partial charge in [-0.3, -0.25) is 0 Å². The van der Waals surface area contributed by atoms with E-state index in [9.17, 15) is 0 Å². The number of nitrogens with one attached hydrogen (secondary N) is 1. The number of imidazole rings is 1. The fraction of sp³-hybridized carbons (Fsp3) is 0.533. The summed E-state index contributed by atoms with van der Waals surface area (Å²) in [5, 5.41) is 3.45. The molecule has 1 unspecified atom stereocenters. The molecule has 4 heteroatoms. The summed E-state index contributed by atoms with van der Waals surface area (Å²) in [6, 6.07) is 4.74. The van der Waals surface area contributed by atoms with E-state index in [0.29, 0.717) is 6.04 Å². The van der Waals surface area contributed by atoms with Crippen LogP contribution in [0.3, 0.4) is 0 Å². The van der Waals surface area contributed by atoms with Crippen LogP contribution in [0.2, 0.25) is 0 Å². The summed E-state index contributed by atoms with van der Waals surface area (Å²) >= 11 is 1.86. The zero-order valence-corrected chi connectivity index (χ0v) is 13.0. The van der Waals surface area contributed by atoms with Gasteiger partial charge in [-0.15, -0.1) is 11.3 Å². The van der Waals surface area contributed by atoms with Gasteiger partial charge in [-0.25, -0.2) is 4.98 Å². The average Bonchev–Trinajstić information content (AvgIpc) is 2.95. The molecule has 0 saturated carbocycles. The third kappa shape index (κ3) is 3.38. The second-order valence-corrected chi connectivity index (χ2v) is 6.34. The second-order valence-electron chi connectivity index (χ2n) is 5.02. The first-order valence-electron chi connectivity index (χ1n) is 6.97. The van der Waals surface area contributed by atoms with E-state index in [0.717, 1.165) is 18.2 Å². The van der Waals surface area contributed by atoms with Gasteiger partial charge < -0.3 is 9.88 Å². The minimum absolute atomic E-state index is 0.337. The van der Waals surface area contributed by atoms with Crippen molar-refractivity contribution in [3.8, 4) is 0 Å². The summed E-state index contributed by atoms with van der Waals surface area (Å²) in [6.45, 7) is 9.63. The molecule has 2 aromatic heterocycles. The second kappa shape index (κ2) is 6.24. The Bertz CT molecular complexity index is 527. The molecule has 0 spiro atoms. The van der Waals surface area contributed by atoms with Crippen LogP contribution in [0.15, 0.2) is 18.3 Å². The molecule has 2 heterocycles. The molecule has 0 saturated heterocycles. The van der Waals surface area contributed by atoms with E-state index in [1.54, 1.807) is 0 Å². The summed E-state index contributed by atoms with van der Waals surface area (Å²) in [5.74, 6) is 0.990. The van der Waals surface area contributed by atoms with E-state index >= 15 is 0 Å². The number of thiophene rings is 1. The first-order chi connectivity index (χ1) is 9.11. The largest absolute Gasteiger partial charge is 0.356 e. The topological polar surface area (TPSA) is 29.9 Å². The van der Waals surface area contributed by atoms with Gasteiger partial charge in [0.15, 0.2) is 0 Å². The Kier molecular flexibility index (Phi) is 4.64. The van der Waals surface area contributed by atoms with Crippen molar-refractivity contribution < 1.29 is 0 Å². The van der Waals surface area contributed by atoms with Crippen molar-refractivity contribution in [1.82, 2.24) is 9.55 Å². The van der Waals surface area contributed by atoms with Crippen molar-refractivity contribution in [3.05, 3.63) is 33.8 Å². The first kappa shape index (κ1) is 14.1. The minimum Gasteiger partial charge on any atom is -0.356 e. The van der Waals surface area contributed by atoms with Gasteiger partial charge in [0.1, 0.15) is 0 Å². The van der Waals surface area contributed by atoms with E-state index in [-0.39, 0.29) is 0 Å². The monoisotopic (exact) mass is 277 g/mol. The molecular formula is C15H23N3S. The van der Waals surface area contributed by atoms with Crippen molar-refractivity contribution >= 4 is 17.3 Å². The third-order valence-corrected chi connectivity index (χ3v) is 4.43. The number of hydrogen-bond acceptors (Lipinski definition) is 3. The highest BCUT2D eigenvalue weighted by Crippen LogP contribution is 2.28. The van der Waals surface area contributed by atoms with Crippen molar-refractivity contribution in [2.24, 2.45) is 0 Å². The first-order valence-corrected chi connectivity index (χ1v) is 7.79. The molecule has 0 aliphatic carbocycles. The van der Waals surface area contributed by atoms with Crippen molar-refractivity contribution in [2.45, 2.75) is 46.6 Å². The maximum atomic E-state index is 4.59. The number of aryl methyl sites for hydroxylation is 2. The smallest absolute Gasteiger partial charge is 0.203 e. The summed E-state index contributed by atoms with van der Waals surface area (Å²) in [4.78, 5) is 7.34. The lowest BCUT2D eigenvalue weighted by Crippen LogP contribution is -2.11. The molecule has 0 aliphatic rings. The highest BCUT2D eigenvalue weighted by molar-refractivity contribution is 7.12. The fourth-order valence-electron chi connectivity index (χ4n) is 2.13. The van der Waals surface area contributed by atoms with Gasteiger partial charge in [0.2, 0.25) is 5.95 Å². The predicted molar refractivity (Wildman–Crippen MR) is 83.2 cm³/mol. The van der Waals surface area contributed by atoms with Gasteiger partial charge in [-0.2, -0.15) is 0 Å². The Morgan fingerprint density at radius 2 is 2.16 bits per heavy atom. The standard InChI is InChI=1S/C15H23N3S/c1-5-6-9-16-15-17-11(2)10-18(15)13(4)14-8-7-12(3)19-14/h7-8,10,13H,5-6,9H2,1-4H3,(H,16,17). The lowest BCUT2D eigenvalue weighted by Gasteiger charge is -2.15. The van der Waals surface area contributed by atoms with Crippen LogP contribution in [0, 0.1) is 13.8 Å². The Labute approximate surface area is 119 Å². The average molecular weight is 277 g/mol. The zero-order chi connectivity index (χ0) is 13.8. The zero-order valence-electron chi connectivity index (χ0n) is 12.2. The minimum atomic E-state index is 0.337. The summed E-state index contributed by atoms with van der Waals surface area (Å²) < 4.78 is 2.25. The van der Waals surface area contributed by atoms with Gasteiger partial charge in [0.25, 0.3) is 0 Å². The Balaban J connectivity index is 2.18. The quantitative estimate of drug-likeness (QED) is 0.794. The molecule has 19 heavy (non-hydrogen) atoms. The number of nitrogens with zero attached hydrogens (tertiary/aromatic N) is 2. The maximum Gasteiger partial charge on any atom is 0.203 e. The van der Waals surface area contributed by atoms with Gasteiger partial charge in [0, 0.05) is 22.5 Å². The molecule has 1 atom stereocenters. The van der Waals surface area contributed by atoms with Crippen LogP contribution in [-0.4, -0.2) is 16.1 Å². The van der Waals surface area contributed by atoms with E-state index in [2.05, 4.69) is 54.0 Å². The number of anilines is 1. The molecule has 0 amide bonds. The summed E-state index contributed by atoms with van der Waals surface area (Å²) in [5.41, 5.74) is 1.07. The van der Waals surface area contributed by atoms with E-state index in [4.69, 9.17) is 0 Å². The fourth-order valence-corrected chi connectivity index (χ4v) is 3.06. The molecule has 0 bridgehead atoms. The molecule has 0 aromatic carbocycles. The molecular weight excluding hydrogens is 254 g/mol. The number of hydrogen-bond donors (Lipinski definition) is 1.